The Hall–Kier alpha value is -2.90. The highest BCUT2D eigenvalue weighted by Gasteiger charge is 2.49. The van der Waals surface area contributed by atoms with Crippen molar-refractivity contribution in [2.75, 3.05) is 18.4 Å². The van der Waals surface area contributed by atoms with Crippen LogP contribution >= 0.6 is 11.6 Å². The molecule has 2 amide bonds. The largest absolute Gasteiger partial charge is 0.393 e. The van der Waals surface area contributed by atoms with Crippen molar-refractivity contribution in [3.05, 3.63) is 64.9 Å². The second-order valence-electron chi connectivity index (χ2n) is 8.70. The van der Waals surface area contributed by atoms with Crippen LogP contribution in [0, 0.1) is 0 Å². The Morgan fingerprint density at radius 3 is 2.50 bits per heavy atom. The molecule has 2 aliphatic rings. The van der Waals surface area contributed by atoms with E-state index in [0.717, 1.165) is 24.2 Å². The zero-order valence-corrected chi connectivity index (χ0v) is 18.7. The summed E-state index contributed by atoms with van der Waals surface area (Å²) in [6.45, 7) is 1.09. The monoisotopic (exact) mass is 451 g/mol. The van der Waals surface area contributed by atoms with Crippen LogP contribution in [-0.4, -0.2) is 50.0 Å². The number of rotatable bonds is 4. The van der Waals surface area contributed by atoms with Gasteiger partial charge in [0.2, 0.25) is 0 Å². The van der Waals surface area contributed by atoms with Gasteiger partial charge in [-0.3, -0.25) is 0 Å². The number of hydrogen-bond acceptors (Lipinski definition) is 4. The lowest BCUT2D eigenvalue weighted by molar-refractivity contribution is 0.0972. The van der Waals surface area contributed by atoms with Crippen LogP contribution in [0.2, 0.25) is 5.02 Å². The second kappa shape index (κ2) is 8.22. The van der Waals surface area contributed by atoms with E-state index in [1.807, 2.05) is 29.8 Å². The average Bonchev–Trinajstić information content (AvgIpc) is 3.52. The van der Waals surface area contributed by atoms with Gasteiger partial charge in [0, 0.05) is 31.4 Å². The number of benzene rings is 2. The predicted molar refractivity (Wildman–Crippen MR) is 124 cm³/mol. The molecule has 1 saturated carbocycles. The Morgan fingerprint density at radius 1 is 1.12 bits per heavy atom. The molecule has 2 N–H and O–H groups in total. The summed E-state index contributed by atoms with van der Waals surface area (Å²) >= 11 is 6.60. The molecule has 0 radical (unpaired) electrons. The fourth-order valence-corrected chi connectivity index (χ4v) is 4.81. The van der Waals surface area contributed by atoms with Crippen LogP contribution in [0.15, 0.2) is 48.5 Å². The minimum atomic E-state index is -0.319. The number of urea groups is 1. The lowest BCUT2D eigenvalue weighted by Gasteiger charge is -2.29. The van der Waals surface area contributed by atoms with Crippen molar-refractivity contribution in [3.8, 4) is 11.4 Å². The molecule has 1 aromatic heterocycles. The number of carbonyl (C=O) groups is 1. The van der Waals surface area contributed by atoms with E-state index >= 15 is 0 Å². The molecule has 32 heavy (non-hydrogen) atoms. The van der Waals surface area contributed by atoms with E-state index in [1.54, 1.807) is 11.0 Å². The molecule has 7 nitrogen and oxygen atoms in total. The average molecular weight is 452 g/mol. The van der Waals surface area contributed by atoms with Crippen LogP contribution in [0.3, 0.4) is 0 Å². The van der Waals surface area contributed by atoms with Gasteiger partial charge in [-0.25, -0.2) is 4.79 Å². The molecule has 5 rings (SSSR count). The number of hydrogen-bond donors (Lipinski definition) is 2. The Balaban J connectivity index is 1.36. The van der Waals surface area contributed by atoms with E-state index in [9.17, 15) is 9.90 Å². The molecule has 0 unspecified atom stereocenters. The van der Waals surface area contributed by atoms with Gasteiger partial charge in [-0.15, -0.1) is 10.2 Å². The van der Waals surface area contributed by atoms with Crippen molar-refractivity contribution >= 4 is 23.3 Å². The molecule has 2 fully saturated rings. The van der Waals surface area contributed by atoms with Crippen molar-refractivity contribution < 1.29 is 9.90 Å². The summed E-state index contributed by atoms with van der Waals surface area (Å²) in [5.41, 5.74) is 2.58. The summed E-state index contributed by atoms with van der Waals surface area (Å²) in [4.78, 5) is 14.2. The normalized spacial score (nSPS) is 17.9. The molecule has 1 aliphatic heterocycles. The molecule has 166 valence electrons. The lowest BCUT2D eigenvalue weighted by Crippen LogP contribution is -2.42. The molecule has 2 heterocycles. The summed E-state index contributed by atoms with van der Waals surface area (Å²) in [5.74, 6) is 1.65. The fraction of sp³-hybridized carbons (Fsp3) is 0.375. The molecular weight excluding hydrogens is 426 g/mol. The Kier molecular flexibility index (Phi) is 5.39. The van der Waals surface area contributed by atoms with E-state index in [2.05, 4.69) is 39.8 Å². The van der Waals surface area contributed by atoms with Crippen molar-refractivity contribution in [2.24, 2.45) is 7.05 Å². The Bertz CT molecular complexity index is 1130. The van der Waals surface area contributed by atoms with Gasteiger partial charge >= 0.3 is 6.03 Å². The second-order valence-corrected chi connectivity index (χ2v) is 9.10. The van der Waals surface area contributed by atoms with Crippen molar-refractivity contribution in [1.82, 2.24) is 19.7 Å². The van der Waals surface area contributed by atoms with Gasteiger partial charge in [0.05, 0.1) is 16.5 Å². The van der Waals surface area contributed by atoms with E-state index in [0.29, 0.717) is 42.5 Å². The summed E-state index contributed by atoms with van der Waals surface area (Å²) in [6.07, 6.45) is 2.99. The summed E-state index contributed by atoms with van der Waals surface area (Å²) < 4.78 is 2.03. The molecule has 0 spiro atoms. The van der Waals surface area contributed by atoms with Crippen molar-refractivity contribution in [3.63, 3.8) is 0 Å². The summed E-state index contributed by atoms with van der Waals surface area (Å²) in [7, 11) is 1.98. The van der Waals surface area contributed by atoms with Gasteiger partial charge in [-0.05, 0) is 49.4 Å². The van der Waals surface area contributed by atoms with Gasteiger partial charge < -0.3 is 19.9 Å². The first-order valence-electron chi connectivity index (χ1n) is 11.0. The molecule has 2 aromatic carbocycles. The number of aliphatic hydroxyl groups excluding tert-OH is 1. The first-order valence-corrected chi connectivity index (χ1v) is 11.3. The van der Waals surface area contributed by atoms with E-state index in [4.69, 9.17) is 11.6 Å². The number of piperidine rings is 1. The standard InChI is InChI=1S/C24H26ClN5O2/c1-29-21(27-28-22(29)24(11-12-24)16-5-3-2-4-6-16)19-8-7-17(15-20(19)25)26-23(32)30-13-9-18(31)10-14-30/h2-8,15,18,31H,9-14H2,1H3,(H,26,32). The minimum absolute atomic E-state index is 0.0797. The molecule has 1 saturated heterocycles. The van der Waals surface area contributed by atoms with Gasteiger partial charge in [-0.2, -0.15) is 0 Å². The smallest absolute Gasteiger partial charge is 0.321 e. The Labute approximate surface area is 192 Å². The third-order valence-corrected chi connectivity index (χ3v) is 6.90. The van der Waals surface area contributed by atoms with Crippen LogP contribution in [0.4, 0.5) is 10.5 Å². The number of nitrogens with one attached hydrogen (secondary N) is 1. The maximum Gasteiger partial charge on any atom is 0.321 e. The summed E-state index contributed by atoms with van der Waals surface area (Å²) in [5, 5.41) is 22.0. The number of halogens is 1. The highest BCUT2D eigenvalue weighted by Crippen LogP contribution is 2.53. The summed E-state index contributed by atoms with van der Waals surface area (Å²) in [6, 6.07) is 15.7. The van der Waals surface area contributed by atoms with E-state index in [1.165, 1.54) is 5.56 Å². The first-order chi connectivity index (χ1) is 15.5. The zero-order chi connectivity index (χ0) is 22.3. The maximum absolute atomic E-state index is 12.5. The predicted octanol–water partition coefficient (Wildman–Crippen LogP) is 4.20. The molecule has 1 aliphatic carbocycles. The number of aliphatic hydroxyl groups is 1. The van der Waals surface area contributed by atoms with Crippen LogP contribution in [0.1, 0.15) is 37.1 Å². The number of carbonyl (C=O) groups excluding carboxylic acids is 1. The highest BCUT2D eigenvalue weighted by molar-refractivity contribution is 6.33. The molecular formula is C24H26ClN5O2. The SMILES string of the molecule is Cn1c(-c2ccc(NC(=O)N3CCC(O)CC3)cc2Cl)nnc1C1(c2ccccc2)CC1. The van der Waals surface area contributed by atoms with Crippen LogP contribution < -0.4 is 5.32 Å². The number of anilines is 1. The van der Waals surface area contributed by atoms with E-state index < -0.39 is 0 Å². The highest BCUT2D eigenvalue weighted by atomic mass is 35.5. The van der Waals surface area contributed by atoms with Gasteiger partial charge in [0.25, 0.3) is 0 Å². The molecule has 0 bridgehead atoms. The van der Waals surface area contributed by atoms with Crippen LogP contribution in [-0.2, 0) is 12.5 Å². The van der Waals surface area contributed by atoms with Crippen LogP contribution in [0.5, 0.6) is 0 Å². The zero-order valence-electron chi connectivity index (χ0n) is 18.0. The first kappa shape index (κ1) is 21.0. The number of amides is 2. The molecule has 3 aromatic rings. The number of nitrogens with zero attached hydrogens (tertiary/aromatic N) is 4. The van der Waals surface area contributed by atoms with Gasteiger partial charge in [0.1, 0.15) is 5.82 Å². The molecule has 8 heteroatoms. The quantitative estimate of drug-likeness (QED) is 0.622. The fourth-order valence-electron chi connectivity index (χ4n) is 4.55. The lowest BCUT2D eigenvalue weighted by atomic mass is 9.95. The van der Waals surface area contributed by atoms with E-state index in [-0.39, 0.29) is 17.6 Å². The van der Waals surface area contributed by atoms with Crippen LogP contribution in [0.25, 0.3) is 11.4 Å². The molecule has 0 atom stereocenters. The topological polar surface area (TPSA) is 83.3 Å². The van der Waals surface area contributed by atoms with Crippen molar-refractivity contribution in [2.45, 2.75) is 37.2 Å². The Morgan fingerprint density at radius 2 is 1.84 bits per heavy atom. The van der Waals surface area contributed by atoms with Gasteiger partial charge in [0.15, 0.2) is 5.82 Å². The number of likely N-dealkylation sites (tertiary alicyclic amines) is 1. The number of aromatic nitrogens is 3. The van der Waals surface area contributed by atoms with Gasteiger partial charge in [-0.1, -0.05) is 41.9 Å². The van der Waals surface area contributed by atoms with Crippen molar-refractivity contribution in [1.29, 1.82) is 0 Å². The third kappa shape index (κ3) is 3.76. The third-order valence-electron chi connectivity index (χ3n) is 6.59. The maximum atomic E-state index is 12.5. The minimum Gasteiger partial charge on any atom is -0.393 e.